The predicted molar refractivity (Wildman–Crippen MR) is 99.2 cm³/mol. The van der Waals surface area contributed by atoms with E-state index in [4.69, 9.17) is 0 Å². The van der Waals surface area contributed by atoms with Gasteiger partial charge in [0.25, 0.3) is 5.91 Å². The molecule has 0 unspecified atom stereocenters. The van der Waals surface area contributed by atoms with Crippen LogP contribution in [-0.4, -0.2) is 22.6 Å². The number of carbonyl (C=O) groups is 1. The summed E-state index contributed by atoms with van der Waals surface area (Å²) in [7, 11) is 0. The molecule has 2 aromatic carbocycles. The number of rotatable bonds is 6. The van der Waals surface area contributed by atoms with Crippen LogP contribution in [0.2, 0.25) is 0 Å². The maximum atomic E-state index is 13.0. The van der Waals surface area contributed by atoms with Crippen LogP contribution < -0.4 is 10.6 Å². The number of alkyl halides is 3. The van der Waals surface area contributed by atoms with Gasteiger partial charge in [-0.05, 0) is 36.2 Å². The van der Waals surface area contributed by atoms with Gasteiger partial charge in [0.05, 0.1) is 11.3 Å². The minimum atomic E-state index is -4.49. The first kappa shape index (κ1) is 19.3. The fraction of sp³-hybridized carbons (Fsp3) is 0.150. The molecule has 144 valence electrons. The second-order valence-corrected chi connectivity index (χ2v) is 5.96. The van der Waals surface area contributed by atoms with E-state index in [0.29, 0.717) is 13.0 Å². The number of para-hydroxylation sites is 1. The molecule has 0 aliphatic heterocycles. The Morgan fingerprint density at radius 2 is 1.61 bits per heavy atom. The number of hydrogen-bond acceptors (Lipinski definition) is 4. The summed E-state index contributed by atoms with van der Waals surface area (Å²) in [4.78, 5) is 12.1. The molecule has 1 aromatic heterocycles. The summed E-state index contributed by atoms with van der Waals surface area (Å²) in [6.07, 6.45) is -3.82. The average molecular weight is 386 g/mol. The van der Waals surface area contributed by atoms with Crippen LogP contribution in [0, 0.1) is 0 Å². The van der Waals surface area contributed by atoms with Crippen LogP contribution in [0.4, 0.5) is 24.7 Å². The van der Waals surface area contributed by atoms with Crippen LogP contribution >= 0.6 is 0 Å². The highest BCUT2D eigenvalue weighted by Crippen LogP contribution is 2.35. The van der Waals surface area contributed by atoms with Crippen molar-refractivity contribution in [3.63, 3.8) is 0 Å². The minimum Gasteiger partial charge on any atom is -0.350 e. The van der Waals surface area contributed by atoms with Crippen LogP contribution in [0.3, 0.4) is 0 Å². The normalized spacial score (nSPS) is 11.1. The molecule has 3 rings (SSSR count). The van der Waals surface area contributed by atoms with E-state index in [-0.39, 0.29) is 17.2 Å². The van der Waals surface area contributed by atoms with Gasteiger partial charge in [-0.1, -0.05) is 42.5 Å². The van der Waals surface area contributed by atoms with Gasteiger partial charge in [-0.3, -0.25) is 4.79 Å². The molecule has 0 saturated carbocycles. The lowest BCUT2D eigenvalue weighted by atomic mass is 10.1. The number of benzene rings is 2. The fourth-order valence-electron chi connectivity index (χ4n) is 2.55. The van der Waals surface area contributed by atoms with Gasteiger partial charge < -0.3 is 10.6 Å². The smallest absolute Gasteiger partial charge is 0.350 e. The Hall–Kier alpha value is -3.42. The van der Waals surface area contributed by atoms with Crippen molar-refractivity contribution in [3.8, 4) is 0 Å². The fourth-order valence-corrected chi connectivity index (χ4v) is 2.55. The van der Waals surface area contributed by atoms with E-state index in [0.717, 1.165) is 11.6 Å². The Morgan fingerprint density at radius 3 is 2.29 bits per heavy atom. The lowest BCUT2D eigenvalue weighted by Crippen LogP contribution is -2.26. The Bertz CT molecular complexity index is 928. The third-order valence-corrected chi connectivity index (χ3v) is 3.93. The summed E-state index contributed by atoms with van der Waals surface area (Å²) >= 11 is 0. The molecule has 0 saturated heterocycles. The first-order valence-electron chi connectivity index (χ1n) is 8.52. The number of anilines is 2. The summed E-state index contributed by atoms with van der Waals surface area (Å²) in [6.45, 7) is 0.434. The predicted octanol–water partition coefficient (Wildman–Crippen LogP) is 4.21. The Kier molecular flexibility index (Phi) is 5.88. The van der Waals surface area contributed by atoms with Crippen LogP contribution in [0.5, 0.6) is 0 Å². The van der Waals surface area contributed by atoms with Crippen molar-refractivity contribution < 1.29 is 18.0 Å². The van der Waals surface area contributed by atoms with Crippen molar-refractivity contribution >= 4 is 17.4 Å². The topological polar surface area (TPSA) is 66.9 Å². The maximum absolute atomic E-state index is 13.0. The van der Waals surface area contributed by atoms with Gasteiger partial charge in [0.1, 0.15) is 0 Å². The number of amides is 1. The van der Waals surface area contributed by atoms with Gasteiger partial charge in [0, 0.05) is 6.54 Å². The average Bonchev–Trinajstić information content (AvgIpc) is 2.69. The summed E-state index contributed by atoms with van der Waals surface area (Å²) in [6, 6.07) is 17.6. The molecule has 0 spiro atoms. The summed E-state index contributed by atoms with van der Waals surface area (Å²) < 4.78 is 39.1. The molecule has 1 amide bonds. The molecule has 0 aliphatic rings. The number of halogens is 3. The first-order valence-corrected chi connectivity index (χ1v) is 8.52. The highest BCUT2D eigenvalue weighted by Gasteiger charge is 2.33. The lowest BCUT2D eigenvalue weighted by molar-refractivity contribution is -0.136. The van der Waals surface area contributed by atoms with E-state index in [1.165, 1.54) is 30.3 Å². The number of nitrogens with zero attached hydrogens (tertiary/aromatic N) is 2. The molecule has 0 atom stereocenters. The van der Waals surface area contributed by atoms with Crippen LogP contribution in [0.1, 0.15) is 21.6 Å². The maximum Gasteiger partial charge on any atom is 0.418 e. The Balaban J connectivity index is 1.60. The highest BCUT2D eigenvalue weighted by molar-refractivity contribution is 5.92. The highest BCUT2D eigenvalue weighted by atomic mass is 19.4. The number of nitrogens with one attached hydrogen (secondary N) is 2. The van der Waals surface area contributed by atoms with Crippen molar-refractivity contribution in [2.75, 3.05) is 11.9 Å². The molecule has 2 N–H and O–H groups in total. The number of aromatic nitrogens is 2. The van der Waals surface area contributed by atoms with Gasteiger partial charge >= 0.3 is 6.18 Å². The summed E-state index contributed by atoms with van der Waals surface area (Å²) in [5, 5.41) is 12.9. The van der Waals surface area contributed by atoms with Gasteiger partial charge in [0.2, 0.25) is 0 Å². The zero-order valence-corrected chi connectivity index (χ0v) is 14.7. The monoisotopic (exact) mass is 386 g/mol. The summed E-state index contributed by atoms with van der Waals surface area (Å²) in [5.41, 5.74) is 0.239. The standard InChI is InChI=1S/C20H17F3N4O/c21-20(22,23)15-8-4-5-9-16(15)25-18-11-10-17(26-27-18)19(28)24-13-12-14-6-2-1-3-7-14/h1-11H,12-13H2,(H,24,28)(H,25,27). The first-order chi connectivity index (χ1) is 13.4. The van der Waals surface area contributed by atoms with Crippen molar-refractivity contribution in [1.29, 1.82) is 0 Å². The molecule has 0 fully saturated rings. The van der Waals surface area contributed by atoms with E-state index in [9.17, 15) is 18.0 Å². The third kappa shape index (κ3) is 5.06. The number of carbonyl (C=O) groups excluding carboxylic acids is 1. The molecular formula is C20H17F3N4O. The van der Waals surface area contributed by atoms with Gasteiger partial charge in [0.15, 0.2) is 11.5 Å². The second-order valence-electron chi connectivity index (χ2n) is 5.96. The number of hydrogen-bond donors (Lipinski definition) is 2. The summed E-state index contributed by atoms with van der Waals surface area (Å²) in [5.74, 6) is -0.289. The second kappa shape index (κ2) is 8.51. The van der Waals surface area contributed by atoms with Crippen molar-refractivity contribution in [2.24, 2.45) is 0 Å². The van der Waals surface area contributed by atoms with E-state index in [1.807, 2.05) is 30.3 Å². The van der Waals surface area contributed by atoms with Gasteiger partial charge in [-0.15, -0.1) is 10.2 Å². The molecular weight excluding hydrogens is 369 g/mol. The van der Waals surface area contributed by atoms with Gasteiger partial charge in [-0.2, -0.15) is 13.2 Å². The van der Waals surface area contributed by atoms with Crippen LogP contribution in [0.25, 0.3) is 0 Å². The van der Waals surface area contributed by atoms with Crippen molar-refractivity contribution in [1.82, 2.24) is 15.5 Å². The molecule has 5 nitrogen and oxygen atoms in total. The van der Waals surface area contributed by atoms with E-state index in [1.54, 1.807) is 0 Å². The quantitative estimate of drug-likeness (QED) is 0.666. The zero-order chi connectivity index (χ0) is 20.0. The largest absolute Gasteiger partial charge is 0.418 e. The molecule has 0 bridgehead atoms. The van der Waals surface area contributed by atoms with Crippen molar-refractivity contribution in [2.45, 2.75) is 12.6 Å². The van der Waals surface area contributed by atoms with Crippen molar-refractivity contribution in [3.05, 3.63) is 83.6 Å². The van der Waals surface area contributed by atoms with E-state index in [2.05, 4.69) is 20.8 Å². The molecule has 3 aromatic rings. The van der Waals surface area contributed by atoms with Crippen LogP contribution in [0.15, 0.2) is 66.7 Å². The Morgan fingerprint density at radius 1 is 0.893 bits per heavy atom. The van der Waals surface area contributed by atoms with E-state index >= 15 is 0 Å². The third-order valence-electron chi connectivity index (χ3n) is 3.93. The van der Waals surface area contributed by atoms with Crippen LogP contribution in [-0.2, 0) is 12.6 Å². The molecule has 8 heteroatoms. The molecule has 1 heterocycles. The lowest BCUT2D eigenvalue weighted by Gasteiger charge is -2.13. The SMILES string of the molecule is O=C(NCCc1ccccc1)c1ccc(Nc2ccccc2C(F)(F)F)nn1. The van der Waals surface area contributed by atoms with Gasteiger partial charge in [-0.25, -0.2) is 0 Å². The molecule has 0 aliphatic carbocycles. The molecule has 28 heavy (non-hydrogen) atoms. The minimum absolute atomic E-state index is 0.0859. The Labute approximate surface area is 159 Å². The molecule has 0 radical (unpaired) electrons. The van der Waals surface area contributed by atoms with E-state index < -0.39 is 17.6 Å². The zero-order valence-electron chi connectivity index (χ0n) is 14.7.